The Morgan fingerprint density at radius 3 is 2.44 bits per heavy atom. The number of hydrogen-bond acceptors (Lipinski definition) is 4. The Labute approximate surface area is 146 Å². The Kier molecular flexibility index (Phi) is 3.80. The lowest BCUT2D eigenvalue weighted by Gasteiger charge is -2.13. The molecule has 2 heterocycles. The maximum Gasteiger partial charge on any atom is 0.147 e. The number of hydrogen-bond donors (Lipinski definition) is 0. The van der Waals surface area contributed by atoms with E-state index in [4.69, 9.17) is 4.74 Å². The van der Waals surface area contributed by atoms with E-state index in [1.54, 1.807) is 6.20 Å². The first-order valence-electron chi connectivity index (χ1n) is 8.43. The van der Waals surface area contributed by atoms with E-state index in [2.05, 4.69) is 53.3 Å². The molecule has 0 aliphatic rings. The highest BCUT2D eigenvalue weighted by molar-refractivity contribution is 6.08. The zero-order valence-electron chi connectivity index (χ0n) is 14.6. The molecule has 0 saturated heterocycles. The molecule has 0 aliphatic carbocycles. The minimum Gasteiger partial charge on any atom is -0.492 e. The molecule has 25 heavy (non-hydrogen) atoms. The number of fused-ring (bicyclic) bond motifs is 3. The molecular formula is C21H19N3O. The third-order valence-corrected chi connectivity index (χ3v) is 4.33. The molecule has 4 aromatic rings. The summed E-state index contributed by atoms with van der Waals surface area (Å²) in [5.41, 5.74) is 6.83. The molecule has 0 fully saturated rings. The van der Waals surface area contributed by atoms with Gasteiger partial charge in [-0.25, -0.2) is 4.98 Å². The van der Waals surface area contributed by atoms with Crippen molar-refractivity contribution in [2.24, 2.45) is 0 Å². The van der Waals surface area contributed by atoms with Crippen molar-refractivity contribution < 1.29 is 4.74 Å². The fourth-order valence-corrected chi connectivity index (χ4v) is 3.30. The molecule has 0 N–H and O–H groups in total. The van der Waals surface area contributed by atoms with Crippen LogP contribution in [0.1, 0.15) is 18.1 Å². The van der Waals surface area contributed by atoms with Crippen LogP contribution in [0.4, 0.5) is 0 Å². The van der Waals surface area contributed by atoms with Crippen LogP contribution in [0.3, 0.4) is 0 Å². The van der Waals surface area contributed by atoms with Gasteiger partial charge in [-0.2, -0.15) is 0 Å². The summed E-state index contributed by atoms with van der Waals surface area (Å²) in [5.74, 6) is 0.735. The van der Waals surface area contributed by atoms with Gasteiger partial charge in [-0.3, -0.25) is 0 Å². The number of nitrogens with zero attached hydrogens (tertiary/aromatic N) is 3. The van der Waals surface area contributed by atoms with Crippen LogP contribution in [0.15, 0.2) is 48.7 Å². The quantitative estimate of drug-likeness (QED) is 0.504. The topological polar surface area (TPSA) is 47.9 Å². The van der Waals surface area contributed by atoms with Crippen LogP contribution in [-0.2, 0) is 0 Å². The van der Waals surface area contributed by atoms with Crippen molar-refractivity contribution >= 4 is 21.9 Å². The number of benzene rings is 2. The average Bonchev–Trinajstić information content (AvgIpc) is 2.62. The van der Waals surface area contributed by atoms with Gasteiger partial charge < -0.3 is 4.74 Å². The monoisotopic (exact) mass is 329 g/mol. The first-order chi connectivity index (χ1) is 12.2. The molecule has 4 nitrogen and oxygen atoms in total. The van der Waals surface area contributed by atoms with Crippen molar-refractivity contribution in [3.63, 3.8) is 0 Å². The number of ether oxygens (including phenoxy) is 1. The van der Waals surface area contributed by atoms with Crippen LogP contribution < -0.4 is 4.74 Å². The maximum absolute atomic E-state index is 5.83. The highest BCUT2D eigenvalue weighted by Gasteiger charge is 2.17. The molecule has 0 unspecified atom stereocenters. The summed E-state index contributed by atoms with van der Waals surface area (Å²) in [4.78, 5) is 4.67. The largest absolute Gasteiger partial charge is 0.492 e. The lowest BCUT2D eigenvalue weighted by Crippen LogP contribution is -2.00. The van der Waals surface area contributed by atoms with E-state index < -0.39 is 0 Å². The number of aryl methyl sites for hydroxylation is 2. The fourth-order valence-electron chi connectivity index (χ4n) is 3.30. The van der Waals surface area contributed by atoms with Crippen LogP contribution in [0.25, 0.3) is 33.1 Å². The first kappa shape index (κ1) is 15.5. The van der Waals surface area contributed by atoms with Gasteiger partial charge in [0.05, 0.1) is 23.9 Å². The van der Waals surface area contributed by atoms with Crippen LogP contribution in [0, 0.1) is 13.8 Å². The molecule has 2 aromatic heterocycles. The number of pyridine rings is 1. The van der Waals surface area contributed by atoms with Gasteiger partial charge in [0, 0.05) is 5.39 Å². The third-order valence-electron chi connectivity index (χ3n) is 4.33. The zero-order chi connectivity index (χ0) is 17.4. The summed E-state index contributed by atoms with van der Waals surface area (Å²) in [7, 11) is 0. The minimum atomic E-state index is 0.576. The summed E-state index contributed by atoms with van der Waals surface area (Å²) < 4.78 is 5.83. The molecule has 4 heteroatoms. The highest BCUT2D eigenvalue weighted by atomic mass is 16.5. The standard InChI is InChI=1S/C21H19N3O/c1-4-25-17-12-22-20-16-11-13(2)10-14(3)19(16)23-24-21(20)18(17)15-8-6-5-7-9-15/h5-12H,4H2,1-3H3. The average molecular weight is 329 g/mol. The summed E-state index contributed by atoms with van der Waals surface area (Å²) in [6.45, 7) is 6.69. The van der Waals surface area contributed by atoms with E-state index in [1.165, 1.54) is 5.56 Å². The van der Waals surface area contributed by atoms with Gasteiger partial charge >= 0.3 is 0 Å². The Balaban J connectivity index is 2.13. The SMILES string of the molecule is CCOc1cnc2c(nnc3c(C)cc(C)cc32)c1-c1ccccc1. The van der Waals surface area contributed by atoms with E-state index in [0.717, 1.165) is 44.4 Å². The summed E-state index contributed by atoms with van der Waals surface area (Å²) in [6, 6.07) is 14.4. The maximum atomic E-state index is 5.83. The van der Waals surface area contributed by atoms with Gasteiger partial charge in [0.1, 0.15) is 16.8 Å². The Morgan fingerprint density at radius 2 is 1.68 bits per heavy atom. The molecule has 0 radical (unpaired) electrons. The van der Waals surface area contributed by atoms with Crippen LogP contribution in [0.5, 0.6) is 5.75 Å². The van der Waals surface area contributed by atoms with E-state index >= 15 is 0 Å². The second kappa shape index (κ2) is 6.13. The minimum absolute atomic E-state index is 0.576. The predicted octanol–water partition coefficient (Wildman–Crippen LogP) is 4.86. The summed E-state index contributed by atoms with van der Waals surface area (Å²) in [5, 5.41) is 10.0. The van der Waals surface area contributed by atoms with Gasteiger partial charge in [0.15, 0.2) is 0 Å². The van der Waals surface area contributed by atoms with E-state index in [0.29, 0.717) is 6.61 Å². The highest BCUT2D eigenvalue weighted by Crippen LogP contribution is 2.37. The lowest BCUT2D eigenvalue weighted by atomic mass is 10.0. The van der Waals surface area contributed by atoms with Crippen molar-refractivity contribution in [1.29, 1.82) is 0 Å². The summed E-state index contributed by atoms with van der Waals surface area (Å²) in [6.07, 6.45) is 1.80. The molecular weight excluding hydrogens is 310 g/mol. The number of rotatable bonds is 3. The van der Waals surface area contributed by atoms with Crippen LogP contribution in [-0.4, -0.2) is 21.8 Å². The van der Waals surface area contributed by atoms with Gasteiger partial charge in [-0.1, -0.05) is 42.0 Å². The van der Waals surface area contributed by atoms with Gasteiger partial charge in [0.2, 0.25) is 0 Å². The van der Waals surface area contributed by atoms with Gasteiger partial charge in [-0.15, -0.1) is 10.2 Å². The van der Waals surface area contributed by atoms with E-state index in [1.807, 2.05) is 25.1 Å². The molecule has 0 spiro atoms. The number of aromatic nitrogens is 3. The van der Waals surface area contributed by atoms with Crippen molar-refractivity contribution in [2.45, 2.75) is 20.8 Å². The lowest BCUT2D eigenvalue weighted by molar-refractivity contribution is 0.341. The Bertz CT molecular complexity index is 1070. The molecule has 0 amide bonds. The third kappa shape index (κ3) is 2.60. The molecule has 0 bridgehead atoms. The Morgan fingerprint density at radius 1 is 0.920 bits per heavy atom. The van der Waals surface area contributed by atoms with Crippen LogP contribution >= 0.6 is 0 Å². The second-order valence-corrected chi connectivity index (χ2v) is 6.17. The van der Waals surface area contributed by atoms with Crippen molar-refractivity contribution in [2.75, 3.05) is 6.61 Å². The molecule has 2 aromatic carbocycles. The summed E-state index contributed by atoms with van der Waals surface area (Å²) >= 11 is 0. The predicted molar refractivity (Wildman–Crippen MR) is 101 cm³/mol. The van der Waals surface area contributed by atoms with Crippen molar-refractivity contribution in [3.8, 4) is 16.9 Å². The van der Waals surface area contributed by atoms with E-state index in [9.17, 15) is 0 Å². The van der Waals surface area contributed by atoms with Crippen molar-refractivity contribution in [1.82, 2.24) is 15.2 Å². The molecule has 124 valence electrons. The molecule has 0 aliphatic heterocycles. The van der Waals surface area contributed by atoms with Gasteiger partial charge in [0.25, 0.3) is 0 Å². The first-order valence-corrected chi connectivity index (χ1v) is 8.43. The second-order valence-electron chi connectivity index (χ2n) is 6.17. The van der Waals surface area contributed by atoms with Gasteiger partial charge in [-0.05, 0) is 38.0 Å². The molecule has 4 rings (SSSR count). The fraction of sp³-hybridized carbons (Fsp3) is 0.190. The van der Waals surface area contributed by atoms with Crippen LogP contribution in [0.2, 0.25) is 0 Å². The van der Waals surface area contributed by atoms with Crippen molar-refractivity contribution in [3.05, 3.63) is 59.8 Å². The van der Waals surface area contributed by atoms with E-state index in [-0.39, 0.29) is 0 Å². The smallest absolute Gasteiger partial charge is 0.147 e. The molecule has 0 atom stereocenters. The Hall–Kier alpha value is -3.01. The zero-order valence-corrected chi connectivity index (χ0v) is 14.6. The molecule has 0 saturated carbocycles. The normalized spacial score (nSPS) is 11.2.